The minimum atomic E-state index is -0.758. The molecule has 0 N–H and O–H groups in total. The number of hydrogen-bond donors (Lipinski definition) is 0. The van der Waals surface area contributed by atoms with E-state index in [-0.39, 0.29) is 18.4 Å². The van der Waals surface area contributed by atoms with E-state index < -0.39 is 6.10 Å². The van der Waals surface area contributed by atoms with Crippen LogP contribution in [0.3, 0.4) is 0 Å². The number of morpholine rings is 1. The molecule has 1 atom stereocenters. The lowest BCUT2D eigenvalue weighted by molar-refractivity contribution is -0.142. The van der Waals surface area contributed by atoms with Crippen LogP contribution in [0.4, 0.5) is 5.69 Å². The van der Waals surface area contributed by atoms with Crippen molar-refractivity contribution in [2.75, 3.05) is 44.9 Å². The average molecular weight is 382 g/mol. The van der Waals surface area contributed by atoms with Gasteiger partial charge in [0.05, 0.1) is 38.1 Å². The van der Waals surface area contributed by atoms with E-state index in [4.69, 9.17) is 14.2 Å². The summed E-state index contributed by atoms with van der Waals surface area (Å²) in [6.07, 6.45) is -0.758. The molecule has 0 radical (unpaired) electrons. The summed E-state index contributed by atoms with van der Waals surface area (Å²) in [5.74, 6) is 0.653. The highest BCUT2D eigenvalue weighted by Crippen LogP contribution is 2.35. The summed E-state index contributed by atoms with van der Waals surface area (Å²) < 4.78 is 16.6. The van der Waals surface area contributed by atoms with Crippen LogP contribution >= 0.6 is 0 Å². The molecule has 2 aromatic rings. The van der Waals surface area contributed by atoms with Crippen LogP contribution in [0.2, 0.25) is 0 Å². The lowest BCUT2D eigenvalue weighted by atomic mass is 10.1. The first-order chi connectivity index (χ1) is 13.7. The van der Waals surface area contributed by atoms with Gasteiger partial charge in [0.25, 0.3) is 11.8 Å². The van der Waals surface area contributed by atoms with Gasteiger partial charge in [0, 0.05) is 13.1 Å². The molecule has 2 amide bonds. The van der Waals surface area contributed by atoms with Crippen LogP contribution in [-0.2, 0) is 9.53 Å². The predicted molar refractivity (Wildman–Crippen MR) is 103 cm³/mol. The van der Waals surface area contributed by atoms with Crippen molar-refractivity contribution in [3.05, 3.63) is 54.1 Å². The molecule has 0 aliphatic carbocycles. The van der Waals surface area contributed by atoms with Crippen LogP contribution in [0, 0.1) is 0 Å². The Morgan fingerprint density at radius 2 is 1.75 bits per heavy atom. The lowest BCUT2D eigenvalue weighted by Crippen LogP contribution is -2.54. The molecule has 0 aromatic heterocycles. The van der Waals surface area contributed by atoms with Gasteiger partial charge in [-0.05, 0) is 24.3 Å². The van der Waals surface area contributed by atoms with Crippen molar-refractivity contribution >= 4 is 17.5 Å². The molecule has 28 heavy (non-hydrogen) atoms. The van der Waals surface area contributed by atoms with Crippen molar-refractivity contribution < 1.29 is 23.8 Å². The van der Waals surface area contributed by atoms with Gasteiger partial charge in [0.2, 0.25) is 0 Å². The van der Waals surface area contributed by atoms with E-state index in [0.717, 1.165) is 0 Å². The molecule has 7 nitrogen and oxygen atoms in total. The fourth-order valence-corrected chi connectivity index (χ4v) is 3.51. The Labute approximate surface area is 163 Å². The van der Waals surface area contributed by atoms with Crippen LogP contribution in [0.5, 0.6) is 11.5 Å². The van der Waals surface area contributed by atoms with Gasteiger partial charge in [-0.2, -0.15) is 0 Å². The molecule has 2 heterocycles. The third-order valence-corrected chi connectivity index (χ3v) is 4.95. The Morgan fingerprint density at radius 1 is 1.04 bits per heavy atom. The second-order valence-electron chi connectivity index (χ2n) is 6.63. The Morgan fingerprint density at radius 3 is 2.54 bits per heavy atom. The molecule has 2 aromatic carbocycles. The van der Waals surface area contributed by atoms with Gasteiger partial charge in [0.1, 0.15) is 11.5 Å². The van der Waals surface area contributed by atoms with Crippen molar-refractivity contribution in [1.29, 1.82) is 0 Å². The predicted octanol–water partition coefficient (Wildman–Crippen LogP) is 1.96. The SMILES string of the molecule is COc1ccccc1C(=O)N1C[C@H](C(=O)N2CCOCC2)Oc2ccccc21. The van der Waals surface area contributed by atoms with Crippen LogP contribution in [-0.4, -0.2) is 62.8 Å². The summed E-state index contributed by atoms with van der Waals surface area (Å²) in [5, 5.41) is 0. The number of nitrogens with zero attached hydrogens (tertiary/aromatic N) is 2. The van der Waals surface area contributed by atoms with Gasteiger partial charge in [-0.15, -0.1) is 0 Å². The summed E-state index contributed by atoms with van der Waals surface area (Å²) in [5.41, 5.74) is 1.09. The largest absolute Gasteiger partial charge is 0.496 e. The highest BCUT2D eigenvalue weighted by atomic mass is 16.5. The molecule has 0 bridgehead atoms. The third kappa shape index (κ3) is 3.41. The zero-order valence-electron chi connectivity index (χ0n) is 15.7. The maximum Gasteiger partial charge on any atom is 0.265 e. The number of ether oxygens (including phenoxy) is 3. The van der Waals surface area contributed by atoms with E-state index in [1.54, 1.807) is 34.1 Å². The monoisotopic (exact) mass is 382 g/mol. The highest BCUT2D eigenvalue weighted by Gasteiger charge is 2.37. The Kier molecular flexibility index (Phi) is 5.16. The summed E-state index contributed by atoms with van der Waals surface area (Å²) in [6.45, 7) is 2.23. The van der Waals surface area contributed by atoms with Crippen LogP contribution < -0.4 is 14.4 Å². The molecular formula is C21H22N2O5. The van der Waals surface area contributed by atoms with Crippen LogP contribution in [0.1, 0.15) is 10.4 Å². The Bertz CT molecular complexity index is 879. The standard InChI is InChI=1S/C21H22N2O5/c1-26-17-8-4-2-6-15(17)20(24)23-14-19(21(25)22-10-12-27-13-11-22)28-18-9-5-3-7-16(18)23/h2-9,19H,10-14H2,1H3/t19-/m1/s1. The smallest absolute Gasteiger partial charge is 0.265 e. The number of hydrogen-bond acceptors (Lipinski definition) is 5. The number of anilines is 1. The normalized spacial score (nSPS) is 18.8. The fourth-order valence-electron chi connectivity index (χ4n) is 3.51. The maximum atomic E-state index is 13.3. The number of fused-ring (bicyclic) bond motifs is 1. The number of rotatable bonds is 3. The molecule has 0 saturated carbocycles. The number of para-hydroxylation sites is 3. The molecule has 1 fully saturated rings. The summed E-state index contributed by atoms with van der Waals surface area (Å²) in [7, 11) is 1.53. The van der Waals surface area contributed by atoms with Crippen molar-refractivity contribution in [3.63, 3.8) is 0 Å². The van der Waals surface area contributed by atoms with Gasteiger partial charge < -0.3 is 24.0 Å². The van der Waals surface area contributed by atoms with Gasteiger partial charge in [0.15, 0.2) is 6.10 Å². The van der Waals surface area contributed by atoms with Gasteiger partial charge in [-0.3, -0.25) is 9.59 Å². The number of amides is 2. The third-order valence-electron chi connectivity index (χ3n) is 4.95. The van der Waals surface area contributed by atoms with E-state index in [1.165, 1.54) is 7.11 Å². The Hall–Kier alpha value is -3.06. The number of carbonyl (C=O) groups is 2. The number of benzene rings is 2. The molecule has 0 unspecified atom stereocenters. The molecule has 2 aliphatic heterocycles. The second kappa shape index (κ2) is 7.90. The van der Waals surface area contributed by atoms with Gasteiger partial charge in [-0.1, -0.05) is 24.3 Å². The van der Waals surface area contributed by atoms with E-state index in [1.807, 2.05) is 24.3 Å². The summed E-state index contributed by atoms with van der Waals surface area (Å²) >= 11 is 0. The second-order valence-corrected chi connectivity index (χ2v) is 6.63. The molecule has 2 aliphatic rings. The number of methoxy groups -OCH3 is 1. The molecular weight excluding hydrogens is 360 g/mol. The first-order valence-corrected chi connectivity index (χ1v) is 9.26. The van der Waals surface area contributed by atoms with Crippen molar-refractivity contribution in [1.82, 2.24) is 4.90 Å². The van der Waals surface area contributed by atoms with Crippen molar-refractivity contribution in [2.24, 2.45) is 0 Å². The minimum absolute atomic E-state index is 0.129. The zero-order valence-corrected chi connectivity index (χ0v) is 15.7. The van der Waals surface area contributed by atoms with Crippen LogP contribution in [0.15, 0.2) is 48.5 Å². The first-order valence-electron chi connectivity index (χ1n) is 9.26. The topological polar surface area (TPSA) is 68.3 Å². The molecule has 4 rings (SSSR count). The first kappa shape index (κ1) is 18.3. The molecule has 1 saturated heterocycles. The summed E-state index contributed by atoms with van der Waals surface area (Å²) in [4.78, 5) is 29.6. The fraction of sp³-hybridized carbons (Fsp3) is 0.333. The lowest BCUT2D eigenvalue weighted by Gasteiger charge is -2.37. The van der Waals surface area contributed by atoms with Gasteiger partial charge >= 0.3 is 0 Å². The van der Waals surface area contributed by atoms with Crippen molar-refractivity contribution in [2.45, 2.75) is 6.10 Å². The quantitative estimate of drug-likeness (QED) is 0.812. The molecule has 0 spiro atoms. The van der Waals surface area contributed by atoms with E-state index >= 15 is 0 Å². The summed E-state index contributed by atoms with van der Waals surface area (Å²) in [6, 6.07) is 14.3. The van der Waals surface area contributed by atoms with E-state index in [2.05, 4.69) is 0 Å². The van der Waals surface area contributed by atoms with E-state index in [9.17, 15) is 9.59 Å². The highest BCUT2D eigenvalue weighted by molar-refractivity contribution is 6.09. The minimum Gasteiger partial charge on any atom is -0.496 e. The molecule has 7 heteroatoms. The zero-order chi connectivity index (χ0) is 19.5. The maximum absolute atomic E-state index is 13.3. The van der Waals surface area contributed by atoms with Crippen LogP contribution in [0.25, 0.3) is 0 Å². The van der Waals surface area contributed by atoms with E-state index in [0.29, 0.717) is 49.1 Å². The van der Waals surface area contributed by atoms with Crippen molar-refractivity contribution in [3.8, 4) is 11.5 Å². The van der Waals surface area contributed by atoms with Gasteiger partial charge in [-0.25, -0.2) is 0 Å². The number of carbonyl (C=O) groups excluding carboxylic acids is 2. The molecule has 146 valence electrons. The Balaban J connectivity index is 1.65. The average Bonchev–Trinajstić information content (AvgIpc) is 2.77.